The molecule has 0 aromatic carbocycles. The van der Waals surface area contributed by atoms with E-state index in [9.17, 15) is 9.59 Å². The molecule has 5 nitrogen and oxygen atoms in total. The third-order valence-corrected chi connectivity index (χ3v) is 9.38. The van der Waals surface area contributed by atoms with Crippen LogP contribution in [0.2, 0.25) is 18.1 Å². The average Bonchev–Trinajstić information content (AvgIpc) is 2.94. The van der Waals surface area contributed by atoms with Crippen LogP contribution in [0.15, 0.2) is 11.6 Å². The standard InChI is InChI=1S/C23H34O5Si/c1-8-9-10-11-12-13-14-15-16-20(26-18(2)24)19-17-21(25)27-22(19)28-29(6,7)23(3,4)5/h17,20,22H,8-10,13-14H2,1-7H3. The third kappa shape index (κ3) is 8.48. The zero-order valence-electron chi connectivity index (χ0n) is 18.8. The molecule has 0 N–H and O–H groups in total. The van der Waals surface area contributed by atoms with Crippen molar-refractivity contribution in [3.63, 3.8) is 0 Å². The first kappa shape index (κ1) is 25.0. The van der Waals surface area contributed by atoms with Gasteiger partial charge in [-0.2, -0.15) is 0 Å². The molecule has 1 heterocycles. The van der Waals surface area contributed by atoms with E-state index >= 15 is 0 Å². The molecule has 160 valence electrons. The Morgan fingerprint density at radius 1 is 1.21 bits per heavy atom. The molecule has 1 aliphatic rings. The van der Waals surface area contributed by atoms with Gasteiger partial charge in [0.05, 0.1) is 5.57 Å². The van der Waals surface area contributed by atoms with Gasteiger partial charge in [-0.1, -0.05) is 46.0 Å². The van der Waals surface area contributed by atoms with Crippen molar-refractivity contribution in [2.45, 2.75) is 97.2 Å². The third-order valence-electron chi connectivity index (χ3n) is 4.96. The Morgan fingerprint density at radius 3 is 2.41 bits per heavy atom. The number of unbranched alkanes of at least 4 members (excludes halogenated alkanes) is 3. The minimum Gasteiger partial charge on any atom is -0.444 e. The van der Waals surface area contributed by atoms with Gasteiger partial charge >= 0.3 is 11.9 Å². The molecule has 0 amide bonds. The number of ether oxygens (including phenoxy) is 2. The lowest BCUT2D eigenvalue weighted by atomic mass is 10.1. The molecular weight excluding hydrogens is 384 g/mol. The first-order valence-corrected chi connectivity index (χ1v) is 13.1. The Hall–Kier alpha value is -2.02. The van der Waals surface area contributed by atoms with Gasteiger partial charge in [0.15, 0.2) is 14.4 Å². The van der Waals surface area contributed by atoms with Crippen LogP contribution >= 0.6 is 0 Å². The summed E-state index contributed by atoms with van der Waals surface area (Å²) in [4.78, 5) is 23.5. The first-order chi connectivity index (χ1) is 13.5. The molecule has 0 saturated carbocycles. The monoisotopic (exact) mass is 418 g/mol. The molecule has 1 rings (SSSR count). The van der Waals surface area contributed by atoms with Crippen molar-refractivity contribution in [1.82, 2.24) is 0 Å². The maximum atomic E-state index is 11.9. The Labute approximate surface area is 176 Å². The van der Waals surface area contributed by atoms with Crippen molar-refractivity contribution in [1.29, 1.82) is 0 Å². The van der Waals surface area contributed by atoms with E-state index in [1.54, 1.807) is 0 Å². The Kier molecular flexibility index (Phi) is 9.69. The van der Waals surface area contributed by atoms with Crippen LogP contribution in [0.5, 0.6) is 0 Å². The maximum absolute atomic E-state index is 11.9. The highest BCUT2D eigenvalue weighted by atomic mass is 28.4. The summed E-state index contributed by atoms with van der Waals surface area (Å²) in [6, 6.07) is 0. The number of carbonyl (C=O) groups is 2. The van der Waals surface area contributed by atoms with Crippen molar-refractivity contribution in [2.75, 3.05) is 0 Å². The topological polar surface area (TPSA) is 61.8 Å². The zero-order valence-corrected chi connectivity index (χ0v) is 19.8. The highest BCUT2D eigenvalue weighted by Crippen LogP contribution is 2.39. The summed E-state index contributed by atoms with van der Waals surface area (Å²) in [7, 11) is -2.21. The molecule has 0 saturated heterocycles. The van der Waals surface area contributed by atoms with E-state index in [1.807, 2.05) is 0 Å². The van der Waals surface area contributed by atoms with Crippen LogP contribution in [0.3, 0.4) is 0 Å². The van der Waals surface area contributed by atoms with Crippen molar-refractivity contribution < 1.29 is 23.5 Å². The molecule has 0 bridgehead atoms. The van der Waals surface area contributed by atoms with Crippen molar-refractivity contribution in [3.05, 3.63) is 11.6 Å². The van der Waals surface area contributed by atoms with Gasteiger partial charge in [-0.15, -0.1) is 11.8 Å². The Balaban J connectivity index is 2.90. The molecule has 0 aromatic rings. The predicted octanol–water partition coefficient (Wildman–Crippen LogP) is 4.73. The quantitative estimate of drug-likeness (QED) is 0.259. The van der Waals surface area contributed by atoms with E-state index in [4.69, 9.17) is 13.9 Å². The molecule has 1 aliphatic heterocycles. The molecule has 29 heavy (non-hydrogen) atoms. The highest BCUT2D eigenvalue weighted by molar-refractivity contribution is 6.74. The van der Waals surface area contributed by atoms with Gasteiger partial charge < -0.3 is 13.9 Å². The normalized spacial score (nSPS) is 17.3. The summed E-state index contributed by atoms with van der Waals surface area (Å²) in [6.45, 7) is 13.9. The fourth-order valence-electron chi connectivity index (χ4n) is 2.23. The van der Waals surface area contributed by atoms with E-state index in [1.165, 1.54) is 13.0 Å². The van der Waals surface area contributed by atoms with Crippen LogP contribution in [-0.4, -0.2) is 32.6 Å². The molecule has 0 aliphatic carbocycles. The Bertz CT molecular complexity index is 737. The van der Waals surface area contributed by atoms with Crippen LogP contribution in [-0.2, 0) is 23.5 Å². The zero-order chi connectivity index (χ0) is 22.1. The fraction of sp³-hybridized carbons (Fsp3) is 0.652. The molecule has 0 spiro atoms. The van der Waals surface area contributed by atoms with Crippen LogP contribution in [0.1, 0.15) is 66.7 Å². The predicted molar refractivity (Wildman–Crippen MR) is 116 cm³/mol. The van der Waals surface area contributed by atoms with Crippen molar-refractivity contribution >= 4 is 20.3 Å². The summed E-state index contributed by atoms with van der Waals surface area (Å²) in [5.41, 5.74) is 0.441. The number of esters is 2. The molecule has 2 unspecified atom stereocenters. The van der Waals surface area contributed by atoms with Gasteiger partial charge in [-0.3, -0.25) is 4.79 Å². The molecule has 0 aromatic heterocycles. The maximum Gasteiger partial charge on any atom is 0.333 e. The van der Waals surface area contributed by atoms with E-state index in [0.29, 0.717) is 18.4 Å². The average molecular weight is 419 g/mol. The van der Waals surface area contributed by atoms with E-state index < -0.39 is 32.6 Å². The second kappa shape index (κ2) is 11.2. The lowest BCUT2D eigenvalue weighted by Gasteiger charge is -2.38. The largest absolute Gasteiger partial charge is 0.444 e. The van der Waals surface area contributed by atoms with Crippen LogP contribution in [0, 0.1) is 23.7 Å². The molecule has 0 fully saturated rings. The molecular formula is C23H34O5Si. The lowest BCUT2D eigenvalue weighted by Crippen LogP contribution is -2.45. The first-order valence-electron chi connectivity index (χ1n) is 10.2. The van der Waals surface area contributed by atoms with E-state index in [0.717, 1.165) is 19.3 Å². The number of hydrogen-bond acceptors (Lipinski definition) is 5. The van der Waals surface area contributed by atoms with Crippen LogP contribution < -0.4 is 0 Å². The van der Waals surface area contributed by atoms with Gasteiger partial charge in [0.2, 0.25) is 6.29 Å². The summed E-state index contributed by atoms with van der Waals surface area (Å²) in [5.74, 6) is 11.2. The summed E-state index contributed by atoms with van der Waals surface area (Å²) in [6.07, 6.45) is 3.92. The van der Waals surface area contributed by atoms with Gasteiger partial charge in [0.25, 0.3) is 0 Å². The SMILES string of the molecule is CCCCC#CCCC#CC(OC(C)=O)C1=CC(=O)OC1O[Si](C)(C)C(C)(C)C. The molecule has 2 atom stereocenters. The number of rotatable bonds is 7. The second-order valence-electron chi connectivity index (χ2n) is 8.56. The summed E-state index contributed by atoms with van der Waals surface area (Å²) < 4.78 is 16.9. The molecule has 6 heteroatoms. The van der Waals surface area contributed by atoms with E-state index in [-0.39, 0.29) is 5.04 Å². The number of carbonyl (C=O) groups excluding carboxylic acids is 2. The lowest BCUT2D eigenvalue weighted by molar-refractivity contribution is -0.151. The van der Waals surface area contributed by atoms with E-state index in [2.05, 4.69) is 64.5 Å². The highest BCUT2D eigenvalue weighted by Gasteiger charge is 2.44. The summed E-state index contributed by atoms with van der Waals surface area (Å²) in [5, 5.41) is -0.0633. The van der Waals surface area contributed by atoms with Gasteiger partial charge in [0.1, 0.15) is 0 Å². The number of cyclic esters (lactones) is 1. The number of hydrogen-bond donors (Lipinski definition) is 0. The smallest absolute Gasteiger partial charge is 0.333 e. The Morgan fingerprint density at radius 2 is 1.83 bits per heavy atom. The minimum absolute atomic E-state index is 0.0633. The summed E-state index contributed by atoms with van der Waals surface area (Å²) >= 11 is 0. The van der Waals surface area contributed by atoms with Crippen LogP contribution in [0.4, 0.5) is 0 Å². The van der Waals surface area contributed by atoms with Crippen molar-refractivity contribution in [2.24, 2.45) is 0 Å². The minimum atomic E-state index is -2.21. The van der Waals surface area contributed by atoms with Crippen LogP contribution in [0.25, 0.3) is 0 Å². The van der Waals surface area contributed by atoms with Crippen molar-refractivity contribution in [3.8, 4) is 23.7 Å². The van der Waals surface area contributed by atoms with Gasteiger partial charge in [-0.25, -0.2) is 4.79 Å². The van der Waals surface area contributed by atoms with Gasteiger partial charge in [0, 0.05) is 32.3 Å². The molecule has 0 radical (unpaired) electrons. The fourth-order valence-corrected chi connectivity index (χ4v) is 3.30. The van der Waals surface area contributed by atoms with Gasteiger partial charge in [-0.05, 0) is 24.6 Å². The second-order valence-corrected chi connectivity index (χ2v) is 13.3.